The molecule has 0 atom stereocenters. The maximum absolute atomic E-state index is 15.4. The molecule has 194 valence electrons. The second-order valence-electron chi connectivity index (χ2n) is 10.1. The van der Waals surface area contributed by atoms with Crippen LogP contribution < -0.4 is 10.0 Å². The molecule has 1 aromatic carbocycles. The SMILES string of the molecule is CN(C)CC(C)(C)CNc1ncnc2[nH]cc(C(=O)c3cccc(NS(=O)(=O)N4CCCC4)c3F)c12. The predicted molar refractivity (Wildman–Crippen MR) is 138 cm³/mol. The number of ketones is 1. The average Bonchev–Trinajstić information content (AvgIpc) is 3.49. The lowest BCUT2D eigenvalue weighted by atomic mass is 9.93. The molecule has 10 nitrogen and oxygen atoms in total. The summed E-state index contributed by atoms with van der Waals surface area (Å²) in [6, 6.07) is 4.09. The summed E-state index contributed by atoms with van der Waals surface area (Å²) < 4.78 is 44.3. The molecule has 1 saturated heterocycles. The molecule has 0 radical (unpaired) electrons. The number of aromatic amines is 1. The van der Waals surface area contributed by atoms with E-state index in [2.05, 4.69) is 43.7 Å². The van der Waals surface area contributed by atoms with Crippen molar-refractivity contribution in [3.05, 3.63) is 47.7 Å². The standard InChI is InChI=1S/C24H32FN7O3S/c1-24(2,14-31(3)4)13-27-23-19-17(12-26-22(19)28-15-29-23)21(33)16-8-7-9-18(20(16)25)30-36(34,35)32-10-5-6-11-32/h7-9,12,15,30H,5-6,10-11,13-14H2,1-4H3,(H2,26,27,28,29). The van der Waals surface area contributed by atoms with Gasteiger partial charge in [0.1, 0.15) is 17.8 Å². The van der Waals surface area contributed by atoms with Gasteiger partial charge in [-0.1, -0.05) is 19.9 Å². The molecule has 0 bridgehead atoms. The summed E-state index contributed by atoms with van der Waals surface area (Å²) in [6.45, 7) is 6.41. The van der Waals surface area contributed by atoms with Crippen molar-refractivity contribution in [3.8, 4) is 0 Å². The van der Waals surface area contributed by atoms with Crippen LogP contribution in [-0.4, -0.2) is 78.6 Å². The van der Waals surface area contributed by atoms with E-state index >= 15 is 4.39 Å². The van der Waals surface area contributed by atoms with E-state index < -0.39 is 21.8 Å². The third-order valence-electron chi connectivity index (χ3n) is 6.08. The highest BCUT2D eigenvalue weighted by atomic mass is 32.2. The van der Waals surface area contributed by atoms with Gasteiger partial charge in [0.15, 0.2) is 11.6 Å². The highest BCUT2D eigenvalue weighted by Crippen LogP contribution is 2.29. The van der Waals surface area contributed by atoms with Crippen LogP contribution in [0, 0.1) is 11.2 Å². The highest BCUT2D eigenvalue weighted by molar-refractivity contribution is 7.90. The van der Waals surface area contributed by atoms with Crippen molar-refractivity contribution in [2.45, 2.75) is 26.7 Å². The molecule has 0 amide bonds. The fourth-order valence-electron chi connectivity index (χ4n) is 4.57. The fraction of sp³-hybridized carbons (Fsp3) is 0.458. The summed E-state index contributed by atoms with van der Waals surface area (Å²) in [4.78, 5) is 27.1. The van der Waals surface area contributed by atoms with E-state index in [0.29, 0.717) is 36.5 Å². The van der Waals surface area contributed by atoms with Gasteiger partial charge >= 0.3 is 10.2 Å². The van der Waals surface area contributed by atoms with Gasteiger partial charge in [0.05, 0.1) is 22.2 Å². The number of hydrogen-bond donors (Lipinski definition) is 3. The van der Waals surface area contributed by atoms with Crippen molar-refractivity contribution in [2.75, 3.05) is 50.3 Å². The summed E-state index contributed by atoms with van der Waals surface area (Å²) in [5, 5.41) is 3.76. The molecule has 0 spiro atoms. The Labute approximate surface area is 210 Å². The molecule has 3 aromatic rings. The first-order valence-corrected chi connectivity index (χ1v) is 13.2. The normalized spacial score (nSPS) is 15.1. The number of carbonyl (C=O) groups excluding carboxylic acids is 1. The van der Waals surface area contributed by atoms with Gasteiger partial charge in [-0.3, -0.25) is 9.52 Å². The minimum absolute atomic E-state index is 0.0891. The van der Waals surface area contributed by atoms with Crippen molar-refractivity contribution >= 4 is 38.5 Å². The number of H-pyrrole nitrogens is 1. The van der Waals surface area contributed by atoms with Gasteiger partial charge in [0.25, 0.3) is 0 Å². The van der Waals surface area contributed by atoms with Crippen molar-refractivity contribution in [3.63, 3.8) is 0 Å². The number of carbonyl (C=O) groups is 1. The van der Waals surface area contributed by atoms with Gasteiger partial charge in [0.2, 0.25) is 0 Å². The van der Waals surface area contributed by atoms with Gasteiger partial charge in [-0.25, -0.2) is 14.4 Å². The number of nitrogens with zero attached hydrogens (tertiary/aromatic N) is 4. The first-order valence-electron chi connectivity index (χ1n) is 11.8. The van der Waals surface area contributed by atoms with Crippen LogP contribution in [0.4, 0.5) is 15.9 Å². The molecule has 36 heavy (non-hydrogen) atoms. The zero-order valence-electron chi connectivity index (χ0n) is 20.9. The van der Waals surface area contributed by atoms with Crippen molar-refractivity contribution in [2.24, 2.45) is 5.41 Å². The van der Waals surface area contributed by atoms with E-state index in [1.165, 1.54) is 35.0 Å². The maximum Gasteiger partial charge on any atom is 0.301 e. The van der Waals surface area contributed by atoms with E-state index in [4.69, 9.17) is 0 Å². The number of anilines is 2. The molecule has 12 heteroatoms. The second kappa shape index (κ2) is 10.1. The zero-order valence-corrected chi connectivity index (χ0v) is 21.7. The molecule has 0 saturated carbocycles. The van der Waals surface area contributed by atoms with E-state index in [9.17, 15) is 13.2 Å². The molecule has 0 unspecified atom stereocenters. The molecule has 1 aliphatic rings. The van der Waals surface area contributed by atoms with Crippen LogP contribution in [0.1, 0.15) is 42.6 Å². The molecular weight excluding hydrogens is 485 g/mol. The summed E-state index contributed by atoms with van der Waals surface area (Å²) in [6.07, 6.45) is 4.38. The molecule has 0 aliphatic carbocycles. The lowest BCUT2D eigenvalue weighted by Gasteiger charge is -2.28. The third kappa shape index (κ3) is 5.50. The maximum atomic E-state index is 15.4. The Morgan fingerprint density at radius 1 is 1.19 bits per heavy atom. The number of halogens is 1. The van der Waals surface area contributed by atoms with Crippen molar-refractivity contribution in [1.82, 2.24) is 24.2 Å². The first-order chi connectivity index (χ1) is 17.0. The molecule has 4 rings (SSSR count). The van der Waals surface area contributed by atoms with Crippen molar-refractivity contribution < 1.29 is 17.6 Å². The van der Waals surface area contributed by atoms with Crippen LogP contribution in [0.5, 0.6) is 0 Å². The minimum Gasteiger partial charge on any atom is -0.369 e. The van der Waals surface area contributed by atoms with Crippen LogP contribution in [0.15, 0.2) is 30.7 Å². The Bertz CT molecular complexity index is 1370. The highest BCUT2D eigenvalue weighted by Gasteiger charge is 2.28. The van der Waals surface area contributed by atoms with Crippen LogP contribution >= 0.6 is 0 Å². The number of nitrogens with one attached hydrogen (secondary N) is 3. The Morgan fingerprint density at radius 3 is 2.61 bits per heavy atom. The van der Waals surface area contributed by atoms with Gasteiger partial charge in [-0.2, -0.15) is 12.7 Å². The topological polar surface area (TPSA) is 123 Å². The Kier molecular flexibility index (Phi) is 7.30. The summed E-state index contributed by atoms with van der Waals surface area (Å²) in [5.41, 5.74) is 0.0196. The average molecular weight is 518 g/mol. The van der Waals surface area contributed by atoms with Crippen molar-refractivity contribution in [1.29, 1.82) is 0 Å². The monoisotopic (exact) mass is 517 g/mol. The van der Waals surface area contributed by atoms with Gasteiger partial charge in [-0.05, 0) is 44.5 Å². The zero-order chi connectivity index (χ0) is 26.1. The number of aromatic nitrogens is 3. The Morgan fingerprint density at radius 2 is 1.92 bits per heavy atom. The molecule has 3 N–H and O–H groups in total. The molecule has 3 heterocycles. The number of benzene rings is 1. The summed E-state index contributed by atoms with van der Waals surface area (Å²) in [7, 11) is 0.0920. The second-order valence-corrected chi connectivity index (χ2v) is 11.8. The van der Waals surface area contributed by atoms with E-state index in [1.54, 1.807) is 0 Å². The summed E-state index contributed by atoms with van der Waals surface area (Å²) in [5.74, 6) is -1.08. The Hall–Kier alpha value is -3.09. The van der Waals surface area contributed by atoms with Crippen LogP contribution in [0.2, 0.25) is 0 Å². The predicted octanol–water partition coefficient (Wildman–Crippen LogP) is 3.08. The Balaban J connectivity index is 1.64. The quantitative estimate of drug-likeness (QED) is 0.353. The van der Waals surface area contributed by atoms with Gasteiger partial charge < -0.3 is 15.2 Å². The minimum atomic E-state index is -3.91. The van der Waals surface area contributed by atoms with E-state index in [1.807, 2.05) is 14.1 Å². The lowest BCUT2D eigenvalue weighted by Crippen LogP contribution is -2.34. The first kappa shape index (κ1) is 26.0. The summed E-state index contributed by atoms with van der Waals surface area (Å²) >= 11 is 0. The van der Waals surface area contributed by atoms with Crippen LogP contribution in [0.25, 0.3) is 11.0 Å². The molecule has 2 aromatic heterocycles. The lowest BCUT2D eigenvalue weighted by molar-refractivity contribution is 0.103. The fourth-order valence-corrected chi connectivity index (χ4v) is 5.88. The van der Waals surface area contributed by atoms with Crippen LogP contribution in [0.3, 0.4) is 0 Å². The van der Waals surface area contributed by atoms with E-state index in [-0.39, 0.29) is 22.2 Å². The number of rotatable bonds is 10. The molecule has 1 fully saturated rings. The molecule has 1 aliphatic heterocycles. The third-order valence-corrected chi connectivity index (χ3v) is 7.60. The van der Waals surface area contributed by atoms with Gasteiger partial charge in [-0.15, -0.1) is 0 Å². The number of hydrogen-bond acceptors (Lipinski definition) is 7. The molecular formula is C24H32FN7O3S. The largest absolute Gasteiger partial charge is 0.369 e. The number of fused-ring (bicyclic) bond motifs is 1. The van der Waals surface area contributed by atoms with Crippen LogP contribution in [-0.2, 0) is 10.2 Å². The van der Waals surface area contributed by atoms with E-state index in [0.717, 1.165) is 19.4 Å². The smallest absolute Gasteiger partial charge is 0.301 e. The van der Waals surface area contributed by atoms with Gasteiger partial charge in [0, 0.05) is 32.4 Å².